The molecular formula is C23H20O4S. The average molecular weight is 392 g/mol. The maximum atomic E-state index is 11.7. The molecule has 142 valence electrons. The first-order valence-corrected chi connectivity index (χ1v) is 10.1. The molecule has 1 unspecified atom stereocenters. The van der Waals surface area contributed by atoms with Crippen molar-refractivity contribution in [2.45, 2.75) is 24.3 Å². The van der Waals surface area contributed by atoms with E-state index in [2.05, 4.69) is 6.07 Å². The third-order valence-corrected chi connectivity index (χ3v) is 5.57. The number of aliphatic carboxylic acids is 1. The van der Waals surface area contributed by atoms with Gasteiger partial charge >= 0.3 is 5.97 Å². The SMILES string of the molecule is Cc1cccc(SCCC(Oc2ccc3oc4ccccc4c3c2)C(=O)O)c1. The highest BCUT2D eigenvalue weighted by Gasteiger charge is 2.20. The van der Waals surface area contributed by atoms with E-state index in [1.165, 1.54) is 5.56 Å². The lowest BCUT2D eigenvalue weighted by atomic mass is 10.1. The Labute approximate surface area is 167 Å². The van der Waals surface area contributed by atoms with Crippen LogP contribution in [0.3, 0.4) is 0 Å². The van der Waals surface area contributed by atoms with E-state index in [9.17, 15) is 9.90 Å². The Morgan fingerprint density at radius 1 is 1.04 bits per heavy atom. The van der Waals surface area contributed by atoms with Crippen LogP contribution in [-0.4, -0.2) is 22.9 Å². The van der Waals surface area contributed by atoms with Gasteiger partial charge in [-0.15, -0.1) is 11.8 Å². The van der Waals surface area contributed by atoms with Crippen molar-refractivity contribution in [1.29, 1.82) is 0 Å². The zero-order chi connectivity index (χ0) is 19.5. The smallest absolute Gasteiger partial charge is 0.344 e. The van der Waals surface area contributed by atoms with E-state index in [0.29, 0.717) is 17.9 Å². The molecule has 0 aliphatic rings. The number of hydrogen-bond donors (Lipinski definition) is 1. The first-order chi connectivity index (χ1) is 13.6. The van der Waals surface area contributed by atoms with Crippen molar-refractivity contribution >= 4 is 39.7 Å². The van der Waals surface area contributed by atoms with Crippen molar-refractivity contribution in [3.63, 3.8) is 0 Å². The molecule has 0 amide bonds. The molecule has 0 radical (unpaired) electrons. The Hall–Kier alpha value is -2.92. The normalized spacial score (nSPS) is 12.3. The van der Waals surface area contributed by atoms with Crippen LogP contribution in [0.5, 0.6) is 5.75 Å². The van der Waals surface area contributed by atoms with Crippen LogP contribution in [0.1, 0.15) is 12.0 Å². The van der Waals surface area contributed by atoms with Crippen LogP contribution in [0.4, 0.5) is 0 Å². The number of rotatable bonds is 7. The maximum Gasteiger partial charge on any atom is 0.344 e. The van der Waals surface area contributed by atoms with E-state index in [0.717, 1.165) is 26.8 Å². The molecule has 0 fully saturated rings. The summed E-state index contributed by atoms with van der Waals surface area (Å²) in [5, 5.41) is 11.5. The standard InChI is InChI=1S/C23H20O4S/c1-15-5-4-6-17(13-15)28-12-11-22(23(24)25)26-16-9-10-21-19(14-16)18-7-2-3-8-20(18)27-21/h2-10,13-14,22H,11-12H2,1H3,(H,24,25). The number of carboxylic acids is 1. The van der Waals surface area contributed by atoms with Crippen LogP contribution in [-0.2, 0) is 4.79 Å². The zero-order valence-electron chi connectivity index (χ0n) is 15.4. The number of hydrogen-bond acceptors (Lipinski definition) is 4. The Morgan fingerprint density at radius 3 is 2.68 bits per heavy atom. The molecule has 0 aliphatic heterocycles. The van der Waals surface area contributed by atoms with Crippen molar-refractivity contribution in [2.24, 2.45) is 0 Å². The maximum absolute atomic E-state index is 11.7. The zero-order valence-corrected chi connectivity index (χ0v) is 16.2. The average Bonchev–Trinajstić information content (AvgIpc) is 3.05. The quantitative estimate of drug-likeness (QED) is 0.396. The summed E-state index contributed by atoms with van der Waals surface area (Å²) in [4.78, 5) is 12.8. The molecule has 4 aromatic rings. The van der Waals surface area contributed by atoms with Crippen LogP contribution in [0.2, 0.25) is 0 Å². The van der Waals surface area contributed by atoms with Gasteiger partial charge in [-0.05, 0) is 43.3 Å². The predicted molar refractivity (Wildman–Crippen MR) is 112 cm³/mol. The van der Waals surface area contributed by atoms with Gasteiger partial charge in [0.15, 0.2) is 6.10 Å². The van der Waals surface area contributed by atoms with Crippen LogP contribution < -0.4 is 4.74 Å². The lowest BCUT2D eigenvalue weighted by Gasteiger charge is -2.15. The Balaban J connectivity index is 1.48. The summed E-state index contributed by atoms with van der Waals surface area (Å²) in [5.41, 5.74) is 2.76. The van der Waals surface area contributed by atoms with Gasteiger partial charge in [0.05, 0.1) is 0 Å². The topological polar surface area (TPSA) is 59.7 Å². The number of carboxylic acid groups (broad SMARTS) is 1. The van der Waals surface area contributed by atoms with Crippen molar-refractivity contribution in [2.75, 3.05) is 5.75 Å². The molecule has 4 rings (SSSR count). The van der Waals surface area contributed by atoms with Crippen molar-refractivity contribution < 1.29 is 19.1 Å². The van der Waals surface area contributed by atoms with Gasteiger partial charge in [-0.1, -0.05) is 35.9 Å². The third-order valence-electron chi connectivity index (χ3n) is 4.54. The van der Waals surface area contributed by atoms with E-state index >= 15 is 0 Å². The molecule has 0 bridgehead atoms. The fraction of sp³-hybridized carbons (Fsp3) is 0.174. The van der Waals surface area contributed by atoms with E-state index in [1.54, 1.807) is 17.8 Å². The molecule has 5 heteroatoms. The summed E-state index contributed by atoms with van der Waals surface area (Å²) in [6, 6.07) is 21.4. The van der Waals surface area contributed by atoms with Crippen molar-refractivity contribution in [1.82, 2.24) is 0 Å². The van der Waals surface area contributed by atoms with Crippen LogP contribution >= 0.6 is 11.8 Å². The van der Waals surface area contributed by atoms with Gasteiger partial charge in [0.2, 0.25) is 0 Å². The molecule has 1 aromatic heterocycles. The number of benzene rings is 3. The summed E-state index contributed by atoms with van der Waals surface area (Å²) in [6.07, 6.45) is -0.481. The number of para-hydroxylation sites is 1. The first kappa shape index (κ1) is 18.4. The van der Waals surface area contributed by atoms with Crippen LogP contribution in [0, 0.1) is 6.92 Å². The predicted octanol–water partition coefficient (Wildman–Crippen LogP) is 5.91. The van der Waals surface area contributed by atoms with Gasteiger partial charge in [-0.2, -0.15) is 0 Å². The summed E-state index contributed by atoms with van der Waals surface area (Å²) >= 11 is 1.64. The molecule has 3 aromatic carbocycles. The summed E-state index contributed by atoms with van der Waals surface area (Å²) in [7, 11) is 0. The highest BCUT2D eigenvalue weighted by molar-refractivity contribution is 7.99. The van der Waals surface area contributed by atoms with Gasteiger partial charge in [0.1, 0.15) is 16.9 Å². The summed E-state index contributed by atoms with van der Waals surface area (Å²) in [5.74, 6) is 0.242. The Bertz CT molecular complexity index is 1130. The van der Waals surface area contributed by atoms with E-state index in [1.807, 2.05) is 61.5 Å². The molecule has 1 N–H and O–H groups in total. The molecule has 0 spiro atoms. The Kier molecular flexibility index (Phi) is 5.26. The molecule has 0 aliphatic carbocycles. The summed E-state index contributed by atoms with van der Waals surface area (Å²) in [6.45, 7) is 2.04. The number of thioether (sulfide) groups is 1. The molecule has 4 nitrogen and oxygen atoms in total. The molecule has 0 saturated heterocycles. The number of ether oxygens (including phenoxy) is 1. The van der Waals surface area contributed by atoms with Gasteiger partial charge in [0.25, 0.3) is 0 Å². The lowest BCUT2D eigenvalue weighted by molar-refractivity contribution is -0.145. The largest absolute Gasteiger partial charge is 0.479 e. The minimum atomic E-state index is -0.956. The highest BCUT2D eigenvalue weighted by Crippen LogP contribution is 2.32. The van der Waals surface area contributed by atoms with Gasteiger partial charge in [-0.3, -0.25) is 0 Å². The van der Waals surface area contributed by atoms with Gasteiger partial charge in [0, 0.05) is 27.8 Å². The van der Waals surface area contributed by atoms with E-state index < -0.39 is 12.1 Å². The minimum absolute atomic E-state index is 0.415. The summed E-state index contributed by atoms with van der Waals surface area (Å²) < 4.78 is 11.6. The fourth-order valence-corrected chi connectivity index (χ4v) is 4.18. The van der Waals surface area contributed by atoms with Gasteiger partial charge < -0.3 is 14.3 Å². The molecule has 1 heterocycles. The lowest BCUT2D eigenvalue weighted by Crippen LogP contribution is -2.27. The second-order valence-electron chi connectivity index (χ2n) is 6.65. The minimum Gasteiger partial charge on any atom is -0.479 e. The molecule has 28 heavy (non-hydrogen) atoms. The fourth-order valence-electron chi connectivity index (χ4n) is 3.16. The molecule has 0 saturated carbocycles. The number of carbonyl (C=O) groups is 1. The highest BCUT2D eigenvalue weighted by atomic mass is 32.2. The monoisotopic (exact) mass is 392 g/mol. The van der Waals surface area contributed by atoms with E-state index in [-0.39, 0.29) is 0 Å². The third kappa shape index (κ3) is 3.99. The first-order valence-electron chi connectivity index (χ1n) is 9.10. The van der Waals surface area contributed by atoms with Crippen LogP contribution in [0.15, 0.2) is 76.0 Å². The van der Waals surface area contributed by atoms with Crippen molar-refractivity contribution in [3.05, 3.63) is 72.3 Å². The van der Waals surface area contributed by atoms with E-state index in [4.69, 9.17) is 9.15 Å². The second-order valence-corrected chi connectivity index (χ2v) is 7.82. The van der Waals surface area contributed by atoms with Crippen molar-refractivity contribution in [3.8, 4) is 5.75 Å². The number of aryl methyl sites for hydroxylation is 1. The van der Waals surface area contributed by atoms with Crippen LogP contribution in [0.25, 0.3) is 21.9 Å². The second kappa shape index (κ2) is 7.98. The number of fused-ring (bicyclic) bond motifs is 3. The molecule has 1 atom stereocenters. The van der Waals surface area contributed by atoms with Gasteiger partial charge in [-0.25, -0.2) is 4.79 Å². The number of furan rings is 1. The Morgan fingerprint density at radius 2 is 1.86 bits per heavy atom. The molecular weight excluding hydrogens is 372 g/mol.